The van der Waals surface area contributed by atoms with Gasteiger partial charge in [0.25, 0.3) is 5.60 Å². The first-order chi connectivity index (χ1) is 11.5. The van der Waals surface area contributed by atoms with Gasteiger partial charge in [0.15, 0.2) is 0 Å². The minimum Gasteiger partial charge on any atom is -0.374 e. The van der Waals surface area contributed by atoms with E-state index < -0.39 is 18.2 Å². The van der Waals surface area contributed by atoms with E-state index in [2.05, 4.69) is 21.1 Å². The average molecular weight is 494 g/mol. The van der Waals surface area contributed by atoms with Gasteiger partial charge in [0.1, 0.15) is 5.71 Å². The summed E-state index contributed by atoms with van der Waals surface area (Å²) in [7, 11) is 0. The van der Waals surface area contributed by atoms with E-state index in [9.17, 15) is 13.2 Å². The Bertz CT molecular complexity index is 841. The Morgan fingerprint density at radius 2 is 1.80 bits per heavy atom. The maximum Gasteiger partial charge on any atom is 0.435 e. The molecule has 1 aromatic heterocycles. The van der Waals surface area contributed by atoms with Crippen molar-refractivity contribution in [3.05, 3.63) is 53.1 Å². The first kappa shape index (κ1) is 19.3. The number of thiophene rings is 1. The van der Waals surface area contributed by atoms with E-state index in [0.29, 0.717) is 4.88 Å². The van der Waals surface area contributed by atoms with Crippen LogP contribution in [0.5, 0.6) is 0 Å². The van der Waals surface area contributed by atoms with Crippen molar-refractivity contribution in [3.8, 4) is 0 Å². The number of benzene rings is 1. The van der Waals surface area contributed by atoms with Gasteiger partial charge in [-0.05, 0) is 46.6 Å². The zero-order valence-corrected chi connectivity index (χ0v) is 17.0. The Hall–Kier alpha value is -0.470. The maximum atomic E-state index is 13.9. The van der Waals surface area contributed by atoms with Crippen molar-refractivity contribution in [2.75, 3.05) is 0 Å². The molecule has 2 aromatic rings. The van der Waals surface area contributed by atoms with Crippen LogP contribution in [0.3, 0.4) is 0 Å². The first-order valence-electron chi connectivity index (χ1n) is 6.78. The van der Waals surface area contributed by atoms with Gasteiger partial charge < -0.3 is 4.84 Å². The second-order valence-corrected chi connectivity index (χ2v) is 9.01. The van der Waals surface area contributed by atoms with Crippen molar-refractivity contribution in [3.63, 3.8) is 0 Å². The van der Waals surface area contributed by atoms with Crippen LogP contribution in [0.15, 0.2) is 27.1 Å². The van der Waals surface area contributed by atoms with Gasteiger partial charge in [0.05, 0.1) is 30.2 Å². The van der Waals surface area contributed by atoms with Gasteiger partial charge in [0.2, 0.25) is 0 Å². The highest BCUT2D eigenvalue weighted by Gasteiger charge is 2.62. The molecule has 0 amide bonds. The molecule has 134 valence electrons. The van der Waals surface area contributed by atoms with Crippen molar-refractivity contribution >= 4 is 67.8 Å². The second-order valence-electron chi connectivity index (χ2n) is 5.45. The fourth-order valence-electron chi connectivity index (χ4n) is 2.43. The number of alkyl halides is 3. The molecule has 3 rings (SSSR count). The van der Waals surface area contributed by atoms with Gasteiger partial charge in [0, 0.05) is 5.56 Å². The van der Waals surface area contributed by atoms with Crippen LogP contribution in [0, 0.1) is 6.92 Å². The number of aryl methyl sites for hydroxylation is 1. The Labute approximate surface area is 168 Å². The topological polar surface area (TPSA) is 21.6 Å². The molecular weight excluding hydrogens is 485 g/mol. The summed E-state index contributed by atoms with van der Waals surface area (Å²) in [4.78, 5) is 5.55. The Kier molecular flexibility index (Phi) is 5.10. The molecule has 1 unspecified atom stereocenters. The van der Waals surface area contributed by atoms with E-state index in [1.165, 1.54) is 11.3 Å². The predicted octanol–water partition coefficient (Wildman–Crippen LogP) is 7.36. The molecule has 0 bridgehead atoms. The molecule has 0 radical (unpaired) electrons. The SMILES string of the molecule is Cc1cc(C2=NOC(c3cc(Cl)c(Cl)c(Cl)c3)(C(F)(F)F)C2)sc1Br. The van der Waals surface area contributed by atoms with E-state index in [1.54, 1.807) is 6.07 Å². The van der Waals surface area contributed by atoms with Crippen molar-refractivity contribution in [2.24, 2.45) is 5.16 Å². The lowest BCUT2D eigenvalue weighted by Gasteiger charge is -2.29. The van der Waals surface area contributed by atoms with Crippen LogP contribution < -0.4 is 0 Å². The normalized spacial score (nSPS) is 20.6. The van der Waals surface area contributed by atoms with Crippen molar-refractivity contribution in [2.45, 2.75) is 25.1 Å². The van der Waals surface area contributed by atoms with E-state index in [-0.39, 0.29) is 26.3 Å². The summed E-state index contributed by atoms with van der Waals surface area (Å²) >= 11 is 22.3. The van der Waals surface area contributed by atoms with Gasteiger partial charge in [-0.15, -0.1) is 11.3 Å². The average Bonchev–Trinajstić information content (AvgIpc) is 3.09. The quantitative estimate of drug-likeness (QED) is 0.401. The molecule has 0 saturated carbocycles. The van der Waals surface area contributed by atoms with Crippen LogP contribution in [-0.4, -0.2) is 11.9 Å². The third kappa shape index (κ3) is 3.30. The van der Waals surface area contributed by atoms with Gasteiger partial charge >= 0.3 is 6.18 Å². The Balaban J connectivity index is 2.07. The van der Waals surface area contributed by atoms with Crippen LogP contribution >= 0.6 is 62.1 Å². The third-order valence-corrected chi connectivity index (χ3v) is 7.16. The highest BCUT2D eigenvalue weighted by atomic mass is 79.9. The monoisotopic (exact) mass is 491 g/mol. The summed E-state index contributed by atoms with van der Waals surface area (Å²) in [6, 6.07) is 3.97. The molecule has 2 heterocycles. The molecule has 25 heavy (non-hydrogen) atoms. The van der Waals surface area contributed by atoms with Gasteiger partial charge in [-0.2, -0.15) is 13.2 Å². The summed E-state index contributed by atoms with van der Waals surface area (Å²) in [5.74, 6) is 0. The third-order valence-electron chi connectivity index (χ3n) is 3.78. The number of nitrogens with zero attached hydrogens (tertiary/aromatic N) is 1. The number of rotatable bonds is 2. The lowest BCUT2D eigenvalue weighted by molar-refractivity contribution is -0.275. The summed E-state index contributed by atoms with van der Waals surface area (Å²) in [5.41, 5.74) is -1.79. The molecule has 1 aliphatic heterocycles. The zero-order chi connectivity index (χ0) is 18.6. The summed E-state index contributed by atoms with van der Waals surface area (Å²) in [6.45, 7) is 1.84. The fraction of sp³-hybridized carbons (Fsp3) is 0.267. The molecule has 0 fully saturated rings. The van der Waals surface area contributed by atoms with Crippen LogP contribution in [0.25, 0.3) is 0 Å². The molecule has 10 heteroatoms. The van der Waals surface area contributed by atoms with Crippen molar-refractivity contribution in [1.82, 2.24) is 0 Å². The van der Waals surface area contributed by atoms with Crippen LogP contribution in [0.1, 0.15) is 22.4 Å². The number of halogens is 7. The molecule has 0 N–H and O–H groups in total. The molecule has 0 saturated heterocycles. The number of oxime groups is 1. The minimum atomic E-state index is -4.73. The van der Waals surface area contributed by atoms with E-state index in [1.807, 2.05) is 6.92 Å². The van der Waals surface area contributed by atoms with Gasteiger partial charge in [-0.25, -0.2) is 0 Å². The maximum absolute atomic E-state index is 13.9. The zero-order valence-electron chi connectivity index (χ0n) is 12.3. The van der Waals surface area contributed by atoms with Crippen LogP contribution in [0.2, 0.25) is 15.1 Å². The van der Waals surface area contributed by atoms with Crippen LogP contribution in [-0.2, 0) is 10.4 Å². The lowest BCUT2D eigenvalue weighted by Crippen LogP contribution is -2.42. The fourth-order valence-corrected chi connectivity index (χ4v) is 4.54. The highest BCUT2D eigenvalue weighted by molar-refractivity contribution is 9.11. The first-order valence-corrected chi connectivity index (χ1v) is 9.52. The molecule has 0 spiro atoms. The van der Waals surface area contributed by atoms with Gasteiger partial charge in [-0.3, -0.25) is 0 Å². The lowest BCUT2D eigenvalue weighted by atomic mass is 9.88. The molecule has 1 aromatic carbocycles. The van der Waals surface area contributed by atoms with Gasteiger partial charge in [-0.1, -0.05) is 40.0 Å². The second kappa shape index (κ2) is 6.60. The molecule has 0 aliphatic carbocycles. The molecular formula is C15H8BrCl3F3NOS. The highest BCUT2D eigenvalue weighted by Crippen LogP contribution is 2.51. The van der Waals surface area contributed by atoms with E-state index >= 15 is 0 Å². The molecule has 1 atom stereocenters. The standard InChI is InChI=1S/C15H8BrCl3F3NOS/c1-6-2-11(25-13(6)16)10-5-14(24-23-10,15(20,21)22)7-3-8(17)12(19)9(18)4-7/h2-4H,5H2,1H3. The summed E-state index contributed by atoms with van der Waals surface area (Å²) < 4.78 is 42.6. The Morgan fingerprint density at radius 1 is 1.20 bits per heavy atom. The van der Waals surface area contributed by atoms with Crippen LogP contribution in [0.4, 0.5) is 13.2 Å². The number of hydrogen-bond acceptors (Lipinski definition) is 3. The molecule has 1 aliphatic rings. The van der Waals surface area contributed by atoms with E-state index in [4.69, 9.17) is 39.6 Å². The predicted molar refractivity (Wildman–Crippen MR) is 98.2 cm³/mol. The number of hydrogen-bond donors (Lipinski definition) is 0. The van der Waals surface area contributed by atoms with Crippen molar-refractivity contribution < 1.29 is 18.0 Å². The van der Waals surface area contributed by atoms with Crippen molar-refractivity contribution in [1.29, 1.82) is 0 Å². The smallest absolute Gasteiger partial charge is 0.374 e. The summed E-state index contributed by atoms with van der Waals surface area (Å²) in [5, 5.41) is 3.53. The largest absolute Gasteiger partial charge is 0.435 e. The minimum absolute atomic E-state index is 0.0126. The van der Waals surface area contributed by atoms with E-state index in [0.717, 1.165) is 21.5 Å². The molecule has 2 nitrogen and oxygen atoms in total. The Morgan fingerprint density at radius 3 is 2.28 bits per heavy atom. The summed E-state index contributed by atoms with van der Waals surface area (Å²) in [6.07, 6.45) is -5.22.